The van der Waals surface area contributed by atoms with E-state index < -0.39 is 0 Å². The maximum atomic E-state index is 11.1. The summed E-state index contributed by atoms with van der Waals surface area (Å²) in [4.78, 5) is 20.5. The smallest absolute Gasteiger partial charge is 0.305 e. The first-order valence-corrected chi connectivity index (χ1v) is 9.63. The zero-order valence-corrected chi connectivity index (χ0v) is 16.5. The van der Waals surface area contributed by atoms with Crippen molar-refractivity contribution in [3.63, 3.8) is 0 Å². The van der Waals surface area contributed by atoms with Gasteiger partial charge in [-0.15, -0.1) is 0 Å². The Bertz CT molecular complexity index is 601. The number of carbonyl (C=O) groups is 1. The number of aliphatic imine (C=N–C) groups is 1. The van der Waals surface area contributed by atoms with Gasteiger partial charge >= 0.3 is 5.97 Å². The fourth-order valence-corrected chi connectivity index (χ4v) is 3.22. The van der Waals surface area contributed by atoms with Crippen LogP contribution in [0.1, 0.15) is 26.2 Å². The van der Waals surface area contributed by atoms with Gasteiger partial charge in [0, 0.05) is 45.7 Å². The summed E-state index contributed by atoms with van der Waals surface area (Å²) in [5.74, 6) is 0.793. The first-order chi connectivity index (χ1) is 12.7. The van der Waals surface area contributed by atoms with E-state index in [0.717, 1.165) is 62.2 Å². The molecular formula is C19H29ClN4O2. The van der Waals surface area contributed by atoms with Crippen molar-refractivity contribution in [1.82, 2.24) is 10.2 Å². The van der Waals surface area contributed by atoms with Gasteiger partial charge in [-0.3, -0.25) is 9.79 Å². The minimum atomic E-state index is -0.156. The number of methoxy groups -OCH3 is 1. The molecule has 0 radical (unpaired) electrons. The second kappa shape index (κ2) is 10.9. The number of benzene rings is 1. The van der Waals surface area contributed by atoms with Gasteiger partial charge in [-0.05, 0) is 31.9 Å². The SMILES string of the molecule is CCNC(=NCCCCC(=O)OC)N1CCN(c2ccccc2Cl)CC1. The predicted octanol–water partition coefficient (Wildman–Crippen LogP) is 2.77. The average Bonchev–Trinajstić information content (AvgIpc) is 2.67. The summed E-state index contributed by atoms with van der Waals surface area (Å²) >= 11 is 6.31. The number of nitrogens with one attached hydrogen (secondary N) is 1. The van der Waals surface area contributed by atoms with Gasteiger partial charge in [0.1, 0.15) is 0 Å². The summed E-state index contributed by atoms with van der Waals surface area (Å²) in [6.45, 7) is 7.26. The summed E-state index contributed by atoms with van der Waals surface area (Å²) in [6.07, 6.45) is 2.14. The Morgan fingerprint density at radius 1 is 1.23 bits per heavy atom. The lowest BCUT2D eigenvalue weighted by atomic mass is 10.2. The summed E-state index contributed by atoms with van der Waals surface area (Å²) in [7, 11) is 1.42. The Morgan fingerprint density at radius 2 is 1.96 bits per heavy atom. The monoisotopic (exact) mass is 380 g/mol. The van der Waals surface area contributed by atoms with Crippen LogP contribution in [-0.2, 0) is 9.53 Å². The number of unbranched alkanes of at least 4 members (excludes halogenated alkanes) is 1. The number of nitrogens with zero attached hydrogens (tertiary/aromatic N) is 3. The molecule has 1 aliphatic heterocycles. The van der Waals surface area contributed by atoms with Crippen LogP contribution in [0.5, 0.6) is 0 Å². The fraction of sp³-hybridized carbons (Fsp3) is 0.579. The van der Waals surface area contributed by atoms with Crippen molar-refractivity contribution in [2.75, 3.05) is 51.3 Å². The third-order valence-electron chi connectivity index (χ3n) is 4.39. The van der Waals surface area contributed by atoms with Gasteiger partial charge in [0.25, 0.3) is 0 Å². The Balaban J connectivity index is 1.84. The number of halogens is 1. The van der Waals surface area contributed by atoms with Crippen LogP contribution in [0.3, 0.4) is 0 Å². The van der Waals surface area contributed by atoms with Gasteiger partial charge in [-0.1, -0.05) is 23.7 Å². The summed E-state index contributed by atoms with van der Waals surface area (Å²) in [6, 6.07) is 7.98. The molecule has 26 heavy (non-hydrogen) atoms. The number of hydrogen-bond donors (Lipinski definition) is 1. The Kier molecular flexibility index (Phi) is 8.54. The highest BCUT2D eigenvalue weighted by Crippen LogP contribution is 2.25. The van der Waals surface area contributed by atoms with Crippen LogP contribution in [0.15, 0.2) is 29.3 Å². The van der Waals surface area contributed by atoms with E-state index in [4.69, 9.17) is 16.6 Å². The Labute approximate surface area is 161 Å². The molecule has 1 fully saturated rings. The summed E-state index contributed by atoms with van der Waals surface area (Å²) in [5, 5.41) is 4.17. The molecule has 1 aliphatic rings. The second-order valence-corrected chi connectivity index (χ2v) is 6.60. The number of esters is 1. The summed E-state index contributed by atoms with van der Waals surface area (Å²) < 4.78 is 4.66. The van der Waals surface area contributed by atoms with Crippen LogP contribution in [0.4, 0.5) is 5.69 Å². The first kappa shape index (κ1) is 20.4. The van der Waals surface area contributed by atoms with E-state index in [-0.39, 0.29) is 5.97 Å². The number of rotatable bonds is 7. The van der Waals surface area contributed by atoms with Crippen molar-refractivity contribution in [1.29, 1.82) is 0 Å². The molecule has 0 bridgehead atoms. The molecule has 1 heterocycles. The van der Waals surface area contributed by atoms with Crippen molar-refractivity contribution < 1.29 is 9.53 Å². The lowest BCUT2D eigenvalue weighted by Gasteiger charge is -2.38. The van der Waals surface area contributed by atoms with Crippen LogP contribution < -0.4 is 10.2 Å². The third-order valence-corrected chi connectivity index (χ3v) is 4.71. The van der Waals surface area contributed by atoms with E-state index in [0.29, 0.717) is 13.0 Å². The normalized spacial score (nSPS) is 15.1. The zero-order valence-electron chi connectivity index (χ0n) is 15.7. The largest absolute Gasteiger partial charge is 0.469 e. The van der Waals surface area contributed by atoms with Gasteiger partial charge in [0.2, 0.25) is 0 Å². The number of piperazine rings is 1. The standard InChI is InChI=1S/C19H29ClN4O2/c1-3-21-19(22-11-7-6-10-18(25)26-2)24-14-12-23(13-15-24)17-9-5-4-8-16(17)20/h4-5,8-9H,3,6-7,10-15H2,1-2H3,(H,21,22). The van der Waals surface area contributed by atoms with Gasteiger partial charge in [-0.2, -0.15) is 0 Å². The molecule has 0 unspecified atom stereocenters. The molecule has 0 aliphatic carbocycles. The van der Waals surface area contributed by atoms with Gasteiger partial charge in [-0.25, -0.2) is 0 Å². The Hall–Kier alpha value is -1.95. The molecule has 0 atom stereocenters. The molecule has 0 amide bonds. The minimum absolute atomic E-state index is 0.156. The number of carbonyl (C=O) groups excluding carboxylic acids is 1. The van der Waals surface area contributed by atoms with E-state index in [2.05, 4.69) is 32.8 Å². The molecule has 2 rings (SSSR count). The number of hydrogen-bond acceptors (Lipinski definition) is 4. The van der Waals surface area contributed by atoms with Crippen molar-refractivity contribution in [3.05, 3.63) is 29.3 Å². The second-order valence-electron chi connectivity index (χ2n) is 6.19. The maximum Gasteiger partial charge on any atom is 0.305 e. The Morgan fingerprint density at radius 3 is 2.62 bits per heavy atom. The van der Waals surface area contributed by atoms with E-state index in [9.17, 15) is 4.79 Å². The average molecular weight is 381 g/mol. The van der Waals surface area contributed by atoms with Crippen LogP contribution in [0.25, 0.3) is 0 Å². The molecule has 7 heteroatoms. The third kappa shape index (κ3) is 6.09. The van der Waals surface area contributed by atoms with E-state index in [1.165, 1.54) is 7.11 Å². The van der Waals surface area contributed by atoms with Gasteiger partial charge < -0.3 is 19.9 Å². The molecule has 1 aromatic carbocycles. The zero-order chi connectivity index (χ0) is 18.8. The number of anilines is 1. The van der Waals surface area contributed by atoms with Gasteiger partial charge in [0.05, 0.1) is 17.8 Å². The molecule has 0 saturated carbocycles. The number of ether oxygens (including phenoxy) is 1. The molecule has 144 valence electrons. The van der Waals surface area contributed by atoms with E-state index >= 15 is 0 Å². The lowest BCUT2D eigenvalue weighted by Crippen LogP contribution is -2.52. The number of para-hydroxylation sites is 1. The van der Waals surface area contributed by atoms with Crippen LogP contribution in [0.2, 0.25) is 5.02 Å². The molecule has 0 spiro atoms. The van der Waals surface area contributed by atoms with Crippen molar-refractivity contribution in [2.45, 2.75) is 26.2 Å². The van der Waals surface area contributed by atoms with Gasteiger partial charge in [0.15, 0.2) is 5.96 Å². The predicted molar refractivity (Wildman–Crippen MR) is 107 cm³/mol. The van der Waals surface area contributed by atoms with Crippen molar-refractivity contribution >= 4 is 29.2 Å². The number of guanidine groups is 1. The molecular weight excluding hydrogens is 352 g/mol. The van der Waals surface area contributed by atoms with Crippen molar-refractivity contribution in [3.8, 4) is 0 Å². The molecule has 1 saturated heterocycles. The molecule has 1 N–H and O–H groups in total. The fourth-order valence-electron chi connectivity index (χ4n) is 2.96. The van der Waals surface area contributed by atoms with Crippen LogP contribution >= 0.6 is 11.6 Å². The quantitative estimate of drug-likeness (QED) is 0.341. The highest BCUT2D eigenvalue weighted by molar-refractivity contribution is 6.33. The molecule has 6 nitrogen and oxygen atoms in total. The minimum Gasteiger partial charge on any atom is -0.469 e. The van der Waals surface area contributed by atoms with Crippen LogP contribution in [0, 0.1) is 0 Å². The van der Waals surface area contributed by atoms with E-state index in [1.54, 1.807) is 0 Å². The molecule has 1 aromatic rings. The lowest BCUT2D eigenvalue weighted by molar-refractivity contribution is -0.140. The maximum absolute atomic E-state index is 11.1. The highest BCUT2D eigenvalue weighted by atomic mass is 35.5. The van der Waals surface area contributed by atoms with Crippen molar-refractivity contribution in [2.24, 2.45) is 4.99 Å². The summed E-state index contributed by atoms with van der Waals surface area (Å²) in [5.41, 5.74) is 1.10. The first-order valence-electron chi connectivity index (χ1n) is 9.25. The topological polar surface area (TPSA) is 57.2 Å². The van der Waals surface area contributed by atoms with Crippen LogP contribution in [-0.4, -0.2) is 63.2 Å². The molecule has 0 aromatic heterocycles. The highest BCUT2D eigenvalue weighted by Gasteiger charge is 2.20. The van der Waals surface area contributed by atoms with E-state index in [1.807, 2.05) is 18.2 Å².